The summed E-state index contributed by atoms with van der Waals surface area (Å²) in [4.78, 5) is 12.4. The van der Waals surface area contributed by atoms with Crippen LogP contribution in [0.1, 0.15) is 42.6 Å². The second-order valence-electron chi connectivity index (χ2n) is 5.64. The van der Waals surface area contributed by atoms with E-state index in [-0.39, 0.29) is 18.6 Å². The molecule has 0 bridgehead atoms. The number of hydrogen-bond donors (Lipinski definition) is 2. The quantitative estimate of drug-likeness (QED) is 0.821. The van der Waals surface area contributed by atoms with E-state index in [1.165, 1.54) is 18.2 Å². The second kappa shape index (κ2) is 6.73. The van der Waals surface area contributed by atoms with Crippen LogP contribution in [0.25, 0.3) is 0 Å². The fourth-order valence-corrected chi connectivity index (χ4v) is 2.77. The molecule has 2 N–H and O–H groups in total. The highest BCUT2D eigenvalue weighted by atomic mass is 19.1. The van der Waals surface area contributed by atoms with E-state index < -0.39 is 5.82 Å². The van der Waals surface area contributed by atoms with E-state index in [1.807, 2.05) is 0 Å². The molecular formula is C17H20FNO2. The molecule has 1 fully saturated rings. The van der Waals surface area contributed by atoms with Gasteiger partial charge in [0.05, 0.1) is 5.56 Å². The number of benzene rings is 1. The van der Waals surface area contributed by atoms with Crippen LogP contribution in [-0.4, -0.2) is 23.7 Å². The van der Waals surface area contributed by atoms with Gasteiger partial charge in [-0.2, -0.15) is 0 Å². The Balaban J connectivity index is 2.19. The summed E-state index contributed by atoms with van der Waals surface area (Å²) in [5, 5.41) is 11.8. The van der Waals surface area contributed by atoms with Gasteiger partial charge in [0.25, 0.3) is 5.91 Å². The lowest BCUT2D eigenvalue weighted by atomic mass is 9.97. The molecule has 1 aromatic carbocycles. The summed E-state index contributed by atoms with van der Waals surface area (Å²) in [5.41, 5.74) is 0.657. The first-order valence-electron chi connectivity index (χ1n) is 7.23. The lowest BCUT2D eigenvalue weighted by Crippen LogP contribution is -2.37. The van der Waals surface area contributed by atoms with Crippen molar-refractivity contribution in [2.75, 3.05) is 6.61 Å². The third-order valence-electron chi connectivity index (χ3n) is 4.31. The van der Waals surface area contributed by atoms with Gasteiger partial charge in [0.1, 0.15) is 12.4 Å². The Hall–Kier alpha value is -1.86. The molecule has 1 aliphatic rings. The Labute approximate surface area is 124 Å². The summed E-state index contributed by atoms with van der Waals surface area (Å²) in [6, 6.07) is 4.06. The average molecular weight is 289 g/mol. The maximum Gasteiger partial charge on any atom is 0.252 e. The normalized spacial score (nSPS) is 24.3. The van der Waals surface area contributed by atoms with Gasteiger partial charge in [-0.15, -0.1) is 0 Å². The maximum absolute atomic E-state index is 13.3. The van der Waals surface area contributed by atoms with Crippen molar-refractivity contribution in [1.82, 2.24) is 5.32 Å². The molecular weight excluding hydrogens is 269 g/mol. The molecule has 0 spiro atoms. The first kappa shape index (κ1) is 15.5. The van der Waals surface area contributed by atoms with Gasteiger partial charge in [-0.25, -0.2) is 4.39 Å². The minimum atomic E-state index is -0.448. The van der Waals surface area contributed by atoms with Crippen LogP contribution >= 0.6 is 0 Å². The third kappa shape index (κ3) is 3.62. The Morgan fingerprint density at radius 2 is 2.19 bits per heavy atom. The zero-order valence-electron chi connectivity index (χ0n) is 12.3. The molecule has 0 aromatic heterocycles. The Morgan fingerprint density at radius 1 is 1.43 bits per heavy atom. The average Bonchev–Trinajstić information content (AvgIpc) is 2.77. The molecule has 4 heteroatoms. The Bertz CT molecular complexity index is 588. The number of amides is 1. The van der Waals surface area contributed by atoms with E-state index >= 15 is 0 Å². The van der Waals surface area contributed by atoms with Gasteiger partial charge in [-0.3, -0.25) is 4.79 Å². The van der Waals surface area contributed by atoms with Crippen molar-refractivity contribution >= 4 is 5.91 Å². The van der Waals surface area contributed by atoms with Crippen LogP contribution in [0.15, 0.2) is 18.2 Å². The van der Waals surface area contributed by atoms with E-state index in [1.54, 1.807) is 0 Å². The molecule has 21 heavy (non-hydrogen) atoms. The molecule has 0 saturated heterocycles. The SMILES string of the molecule is CC1CCC(NC(=O)c2ccc(F)cc2C#CCO)C1C. The lowest BCUT2D eigenvalue weighted by molar-refractivity contribution is 0.0927. The van der Waals surface area contributed by atoms with Crippen LogP contribution in [0.2, 0.25) is 0 Å². The summed E-state index contributed by atoms with van der Waals surface area (Å²) in [6.45, 7) is 4.00. The number of hydrogen-bond acceptors (Lipinski definition) is 2. The van der Waals surface area contributed by atoms with Crippen LogP contribution in [0.4, 0.5) is 4.39 Å². The zero-order valence-corrected chi connectivity index (χ0v) is 12.3. The highest BCUT2D eigenvalue weighted by Crippen LogP contribution is 2.31. The van der Waals surface area contributed by atoms with E-state index in [0.717, 1.165) is 12.8 Å². The summed E-state index contributed by atoms with van der Waals surface area (Å²) >= 11 is 0. The standard InChI is InChI=1S/C17H20FNO2/c1-11-5-8-16(12(11)2)19-17(21)15-7-6-14(18)10-13(15)4-3-9-20/h6-7,10-12,16,20H,5,8-9H2,1-2H3,(H,19,21). The number of rotatable bonds is 2. The van der Waals surface area contributed by atoms with Crippen molar-refractivity contribution in [2.24, 2.45) is 11.8 Å². The van der Waals surface area contributed by atoms with Crippen LogP contribution in [0.5, 0.6) is 0 Å². The summed E-state index contributed by atoms with van der Waals surface area (Å²) in [6.07, 6.45) is 2.07. The first-order chi connectivity index (χ1) is 10.0. The van der Waals surface area contributed by atoms with Crippen LogP contribution in [-0.2, 0) is 0 Å². The van der Waals surface area contributed by atoms with Gasteiger partial charge in [0.2, 0.25) is 0 Å². The van der Waals surface area contributed by atoms with Crippen molar-refractivity contribution < 1.29 is 14.3 Å². The van der Waals surface area contributed by atoms with Crippen LogP contribution in [0.3, 0.4) is 0 Å². The molecule has 0 radical (unpaired) electrons. The first-order valence-corrected chi connectivity index (χ1v) is 7.23. The van der Waals surface area contributed by atoms with Gasteiger partial charge >= 0.3 is 0 Å². The lowest BCUT2D eigenvalue weighted by Gasteiger charge is -2.20. The van der Waals surface area contributed by atoms with Crippen LogP contribution < -0.4 is 5.32 Å². The molecule has 1 aliphatic carbocycles. The largest absolute Gasteiger partial charge is 0.384 e. The van der Waals surface area contributed by atoms with E-state index in [2.05, 4.69) is 31.0 Å². The van der Waals surface area contributed by atoms with Crippen molar-refractivity contribution in [3.8, 4) is 11.8 Å². The monoisotopic (exact) mass is 289 g/mol. The maximum atomic E-state index is 13.3. The molecule has 2 rings (SSSR count). The van der Waals surface area contributed by atoms with Crippen molar-refractivity contribution in [3.63, 3.8) is 0 Å². The number of aliphatic hydroxyl groups excluding tert-OH is 1. The molecule has 1 saturated carbocycles. The zero-order chi connectivity index (χ0) is 15.4. The number of carbonyl (C=O) groups excluding carboxylic acids is 1. The Morgan fingerprint density at radius 3 is 2.81 bits per heavy atom. The van der Waals surface area contributed by atoms with E-state index in [4.69, 9.17) is 5.11 Å². The van der Waals surface area contributed by atoms with E-state index in [9.17, 15) is 9.18 Å². The number of carbonyl (C=O) groups is 1. The topological polar surface area (TPSA) is 49.3 Å². The fraction of sp³-hybridized carbons (Fsp3) is 0.471. The molecule has 0 aliphatic heterocycles. The molecule has 112 valence electrons. The molecule has 1 aromatic rings. The van der Waals surface area contributed by atoms with Crippen molar-refractivity contribution in [2.45, 2.75) is 32.7 Å². The predicted molar refractivity (Wildman–Crippen MR) is 79.2 cm³/mol. The second-order valence-corrected chi connectivity index (χ2v) is 5.64. The molecule has 3 nitrogen and oxygen atoms in total. The molecule has 3 unspecified atom stereocenters. The molecule has 0 heterocycles. The highest BCUT2D eigenvalue weighted by molar-refractivity contribution is 5.97. The van der Waals surface area contributed by atoms with Gasteiger partial charge in [-0.1, -0.05) is 25.7 Å². The number of halogens is 1. The minimum Gasteiger partial charge on any atom is -0.384 e. The molecule has 3 atom stereocenters. The summed E-state index contributed by atoms with van der Waals surface area (Å²) in [5.74, 6) is 5.43. The fourth-order valence-electron chi connectivity index (χ4n) is 2.77. The van der Waals surface area contributed by atoms with Gasteiger partial charge in [0, 0.05) is 11.6 Å². The van der Waals surface area contributed by atoms with Gasteiger partial charge < -0.3 is 10.4 Å². The van der Waals surface area contributed by atoms with E-state index in [0.29, 0.717) is 23.0 Å². The van der Waals surface area contributed by atoms with Crippen LogP contribution in [0, 0.1) is 29.5 Å². The molecule has 1 amide bonds. The highest BCUT2D eigenvalue weighted by Gasteiger charge is 2.31. The minimum absolute atomic E-state index is 0.149. The van der Waals surface area contributed by atoms with Crippen molar-refractivity contribution in [1.29, 1.82) is 0 Å². The smallest absolute Gasteiger partial charge is 0.252 e. The van der Waals surface area contributed by atoms with Crippen molar-refractivity contribution in [3.05, 3.63) is 35.1 Å². The number of nitrogens with one attached hydrogen (secondary N) is 1. The Kier molecular flexibility index (Phi) is 4.98. The third-order valence-corrected chi connectivity index (χ3v) is 4.31. The van der Waals surface area contributed by atoms with Gasteiger partial charge in [0.15, 0.2) is 0 Å². The summed E-state index contributed by atoms with van der Waals surface area (Å²) < 4.78 is 13.3. The summed E-state index contributed by atoms with van der Waals surface area (Å²) in [7, 11) is 0. The van der Waals surface area contributed by atoms with Gasteiger partial charge in [-0.05, 0) is 42.9 Å². The predicted octanol–water partition coefficient (Wildman–Crippen LogP) is 2.33. The number of aliphatic hydroxyl groups is 1.